The lowest BCUT2D eigenvalue weighted by Crippen LogP contribution is -2.41. The molecule has 3 aromatic rings. The van der Waals surface area contributed by atoms with E-state index in [9.17, 15) is 4.79 Å². The Kier molecular flexibility index (Phi) is 7.38. The topological polar surface area (TPSA) is 59.4 Å². The molecule has 9 heteroatoms. The first-order chi connectivity index (χ1) is 15.4. The molecule has 1 aromatic heterocycles. The number of hydrogen-bond donors (Lipinski definition) is 1. The zero-order valence-electron chi connectivity index (χ0n) is 17.5. The Labute approximate surface area is 201 Å². The van der Waals surface area contributed by atoms with Crippen molar-refractivity contribution in [1.29, 1.82) is 0 Å². The number of nitrogens with zero attached hydrogens (tertiary/aromatic N) is 3. The highest BCUT2D eigenvalue weighted by Crippen LogP contribution is 2.28. The SMILES string of the molecule is Cc1ccc(C(CNc2ccc(-n3ncc(Cl)c(Cl)c3=O)cc2Cl)N2CCOCC2)cc1. The average Bonchev–Trinajstić information content (AvgIpc) is 2.80. The molecule has 0 amide bonds. The predicted molar refractivity (Wildman–Crippen MR) is 130 cm³/mol. The van der Waals surface area contributed by atoms with Crippen molar-refractivity contribution in [3.8, 4) is 5.69 Å². The molecule has 6 nitrogen and oxygen atoms in total. The molecule has 0 bridgehead atoms. The van der Waals surface area contributed by atoms with Gasteiger partial charge >= 0.3 is 0 Å². The molecular formula is C23H23Cl3N4O2. The fraction of sp³-hybridized carbons (Fsp3) is 0.304. The van der Waals surface area contributed by atoms with Gasteiger partial charge in [-0.1, -0.05) is 64.6 Å². The Balaban J connectivity index is 1.55. The second-order valence-corrected chi connectivity index (χ2v) is 8.84. The first-order valence-corrected chi connectivity index (χ1v) is 11.4. The standard InChI is InChI=1S/C23H23Cl3N4O2/c1-15-2-4-16(5-3-15)21(29-8-10-32-11-9-29)14-27-20-7-6-17(12-18(20)24)30-23(31)22(26)19(25)13-28-30/h2-7,12-13,21,27H,8-11,14H2,1H3. The molecule has 0 spiro atoms. The molecule has 32 heavy (non-hydrogen) atoms. The molecule has 1 saturated heterocycles. The maximum atomic E-state index is 12.4. The van der Waals surface area contributed by atoms with Crippen molar-refractivity contribution < 1.29 is 4.74 Å². The lowest BCUT2D eigenvalue weighted by atomic mass is 10.0. The van der Waals surface area contributed by atoms with Crippen LogP contribution in [0.5, 0.6) is 0 Å². The Bertz CT molecular complexity index is 1140. The van der Waals surface area contributed by atoms with Crippen LogP contribution in [-0.4, -0.2) is 47.5 Å². The van der Waals surface area contributed by atoms with Gasteiger partial charge in [-0.05, 0) is 30.7 Å². The maximum absolute atomic E-state index is 12.4. The van der Waals surface area contributed by atoms with Crippen LogP contribution in [0, 0.1) is 6.92 Å². The molecule has 1 aliphatic heterocycles. The number of aryl methyl sites for hydroxylation is 1. The second-order valence-electron chi connectivity index (χ2n) is 7.64. The average molecular weight is 494 g/mol. The Morgan fingerprint density at radius 2 is 1.78 bits per heavy atom. The molecule has 1 fully saturated rings. The number of aromatic nitrogens is 2. The zero-order valence-corrected chi connectivity index (χ0v) is 19.8. The van der Waals surface area contributed by atoms with Crippen molar-refractivity contribution in [2.24, 2.45) is 0 Å². The molecule has 1 N–H and O–H groups in total. The quantitative estimate of drug-likeness (QED) is 0.524. The molecule has 168 valence electrons. The van der Waals surface area contributed by atoms with E-state index in [1.807, 2.05) is 6.07 Å². The fourth-order valence-electron chi connectivity index (χ4n) is 3.72. The van der Waals surface area contributed by atoms with E-state index in [1.165, 1.54) is 22.0 Å². The van der Waals surface area contributed by atoms with Gasteiger partial charge in [0, 0.05) is 19.6 Å². The third kappa shape index (κ3) is 5.11. The number of benzene rings is 2. The van der Waals surface area contributed by atoms with Crippen molar-refractivity contribution in [2.45, 2.75) is 13.0 Å². The minimum atomic E-state index is -0.498. The molecular weight excluding hydrogens is 471 g/mol. The minimum absolute atomic E-state index is 0.0774. The van der Waals surface area contributed by atoms with Crippen LogP contribution >= 0.6 is 34.8 Å². The van der Waals surface area contributed by atoms with E-state index in [1.54, 1.807) is 12.1 Å². The molecule has 0 aliphatic carbocycles. The largest absolute Gasteiger partial charge is 0.382 e. The van der Waals surface area contributed by atoms with Crippen molar-refractivity contribution in [3.63, 3.8) is 0 Å². The second kappa shape index (κ2) is 10.2. The molecule has 1 unspecified atom stereocenters. The summed E-state index contributed by atoms with van der Waals surface area (Å²) in [6.07, 6.45) is 1.33. The van der Waals surface area contributed by atoms with E-state index in [0.29, 0.717) is 17.3 Å². The third-order valence-electron chi connectivity index (χ3n) is 5.51. The molecule has 4 rings (SSSR count). The van der Waals surface area contributed by atoms with Crippen LogP contribution in [0.25, 0.3) is 5.69 Å². The summed E-state index contributed by atoms with van der Waals surface area (Å²) >= 11 is 18.4. The van der Waals surface area contributed by atoms with E-state index in [2.05, 4.69) is 46.5 Å². The fourth-order valence-corrected chi connectivity index (χ4v) is 4.21. The number of halogens is 3. The highest BCUT2D eigenvalue weighted by atomic mass is 35.5. The number of hydrogen-bond acceptors (Lipinski definition) is 5. The van der Waals surface area contributed by atoms with Crippen LogP contribution in [0.3, 0.4) is 0 Å². The third-order valence-corrected chi connectivity index (χ3v) is 6.57. The first-order valence-electron chi connectivity index (χ1n) is 10.3. The normalized spacial score (nSPS) is 15.5. The van der Waals surface area contributed by atoms with Gasteiger partial charge in [0.2, 0.25) is 0 Å². The van der Waals surface area contributed by atoms with Gasteiger partial charge in [-0.3, -0.25) is 9.69 Å². The van der Waals surface area contributed by atoms with Gasteiger partial charge in [0.15, 0.2) is 0 Å². The van der Waals surface area contributed by atoms with Crippen molar-refractivity contribution in [2.75, 3.05) is 38.2 Å². The summed E-state index contributed by atoms with van der Waals surface area (Å²) in [4.78, 5) is 14.8. The van der Waals surface area contributed by atoms with Gasteiger partial charge in [0.1, 0.15) is 5.02 Å². The highest BCUT2D eigenvalue weighted by molar-refractivity contribution is 6.41. The summed E-state index contributed by atoms with van der Waals surface area (Å²) in [5, 5.41) is 8.03. The van der Waals surface area contributed by atoms with Crippen LogP contribution in [0.15, 0.2) is 53.5 Å². The number of ether oxygens (including phenoxy) is 1. The van der Waals surface area contributed by atoms with Gasteiger partial charge in [-0.15, -0.1) is 0 Å². The first kappa shape index (κ1) is 23.1. The summed E-state index contributed by atoms with van der Waals surface area (Å²) in [6, 6.07) is 14.1. The van der Waals surface area contributed by atoms with E-state index in [4.69, 9.17) is 39.5 Å². The summed E-state index contributed by atoms with van der Waals surface area (Å²) < 4.78 is 6.71. The van der Waals surface area contributed by atoms with Crippen LogP contribution in [0.2, 0.25) is 15.1 Å². The number of rotatable bonds is 6. The van der Waals surface area contributed by atoms with Gasteiger partial charge in [0.05, 0.1) is 46.9 Å². The highest BCUT2D eigenvalue weighted by Gasteiger charge is 2.23. The zero-order chi connectivity index (χ0) is 22.7. The molecule has 2 aromatic carbocycles. The summed E-state index contributed by atoms with van der Waals surface area (Å²) in [5.74, 6) is 0. The molecule has 0 radical (unpaired) electrons. The molecule has 0 saturated carbocycles. The lowest BCUT2D eigenvalue weighted by molar-refractivity contribution is 0.0187. The van der Waals surface area contributed by atoms with Crippen LogP contribution in [0.4, 0.5) is 5.69 Å². The van der Waals surface area contributed by atoms with Crippen molar-refractivity contribution >= 4 is 40.5 Å². The van der Waals surface area contributed by atoms with Crippen LogP contribution < -0.4 is 10.9 Å². The Morgan fingerprint density at radius 3 is 2.47 bits per heavy atom. The van der Waals surface area contributed by atoms with Crippen LogP contribution in [-0.2, 0) is 4.74 Å². The van der Waals surface area contributed by atoms with Crippen molar-refractivity contribution in [3.05, 3.63) is 85.2 Å². The smallest absolute Gasteiger partial charge is 0.291 e. The van der Waals surface area contributed by atoms with E-state index >= 15 is 0 Å². The summed E-state index contributed by atoms with van der Waals surface area (Å²) in [5.41, 5.74) is 3.25. The molecule has 1 aliphatic rings. The van der Waals surface area contributed by atoms with Gasteiger partial charge < -0.3 is 10.1 Å². The van der Waals surface area contributed by atoms with Crippen molar-refractivity contribution in [1.82, 2.24) is 14.7 Å². The number of nitrogens with one attached hydrogen (secondary N) is 1. The molecule has 1 atom stereocenters. The Hall–Kier alpha value is -2.09. The maximum Gasteiger partial charge on any atom is 0.291 e. The number of morpholine rings is 1. The predicted octanol–water partition coefficient (Wildman–Crippen LogP) is 4.99. The monoisotopic (exact) mass is 492 g/mol. The van der Waals surface area contributed by atoms with Gasteiger partial charge in [0.25, 0.3) is 5.56 Å². The van der Waals surface area contributed by atoms with Gasteiger partial charge in [-0.25, -0.2) is 0 Å². The van der Waals surface area contributed by atoms with E-state index < -0.39 is 5.56 Å². The van der Waals surface area contributed by atoms with Gasteiger partial charge in [-0.2, -0.15) is 9.78 Å². The lowest BCUT2D eigenvalue weighted by Gasteiger charge is -2.35. The minimum Gasteiger partial charge on any atom is -0.382 e. The number of anilines is 1. The molecule has 2 heterocycles. The van der Waals surface area contributed by atoms with E-state index in [-0.39, 0.29) is 16.1 Å². The van der Waals surface area contributed by atoms with Crippen LogP contribution in [0.1, 0.15) is 17.2 Å². The Morgan fingerprint density at radius 1 is 1.06 bits per heavy atom. The summed E-state index contributed by atoms with van der Waals surface area (Å²) in [7, 11) is 0. The summed E-state index contributed by atoms with van der Waals surface area (Å²) in [6.45, 7) is 5.96. The van der Waals surface area contributed by atoms with E-state index in [0.717, 1.165) is 32.0 Å².